The van der Waals surface area contributed by atoms with E-state index in [4.69, 9.17) is 9.47 Å². The van der Waals surface area contributed by atoms with Gasteiger partial charge in [-0.1, -0.05) is 0 Å². The van der Waals surface area contributed by atoms with E-state index in [1.807, 2.05) is 19.1 Å². The molecule has 1 aliphatic heterocycles. The quantitative estimate of drug-likeness (QED) is 0.819. The number of aryl methyl sites for hydroxylation is 1. The van der Waals surface area contributed by atoms with Crippen molar-refractivity contribution >= 4 is 5.69 Å². The monoisotopic (exact) mass is 208 g/mol. The number of nitrogens with one attached hydrogen (secondary N) is 1. The molecule has 15 heavy (non-hydrogen) atoms. The maximum atomic E-state index is 5.31. The maximum absolute atomic E-state index is 5.31. The Morgan fingerprint density at radius 1 is 1.53 bits per heavy atom. The summed E-state index contributed by atoms with van der Waals surface area (Å²) in [5.41, 5.74) is 2.02. The molecule has 82 valence electrons. The minimum Gasteiger partial charge on any atom is -0.481 e. The smallest absolute Gasteiger partial charge is 0.213 e. The van der Waals surface area contributed by atoms with Crippen LogP contribution >= 0.6 is 0 Å². The lowest BCUT2D eigenvalue weighted by atomic mass is 10.2. The molecule has 0 bridgehead atoms. The van der Waals surface area contributed by atoms with Gasteiger partial charge in [0, 0.05) is 12.7 Å². The molecule has 1 fully saturated rings. The highest BCUT2D eigenvalue weighted by atomic mass is 16.5. The number of pyridine rings is 1. The molecule has 0 amide bonds. The van der Waals surface area contributed by atoms with E-state index < -0.39 is 0 Å². The van der Waals surface area contributed by atoms with Crippen LogP contribution in [0.2, 0.25) is 0 Å². The Hall–Kier alpha value is -1.29. The fourth-order valence-electron chi connectivity index (χ4n) is 1.67. The number of ether oxygens (including phenoxy) is 2. The predicted molar refractivity (Wildman–Crippen MR) is 58.4 cm³/mol. The SMILES string of the molecule is COc1ccc(N[C@@H]2CCOC2)c(C)n1. The van der Waals surface area contributed by atoms with Gasteiger partial charge in [-0.25, -0.2) is 4.98 Å². The lowest BCUT2D eigenvalue weighted by Crippen LogP contribution is -2.19. The Morgan fingerprint density at radius 3 is 3.00 bits per heavy atom. The number of rotatable bonds is 3. The average Bonchev–Trinajstić information content (AvgIpc) is 2.74. The standard InChI is InChI=1S/C11H16N2O2/c1-8-10(3-4-11(12-8)14-2)13-9-5-6-15-7-9/h3-4,9,13H,5-7H2,1-2H3/t9-/m1/s1. The molecular formula is C11H16N2O2. The van der Waals surface area contributed by atoms with Crippen molar-refractivity contribution in [3.63, 3.8) is 0 Å². The van der Waals surface area contributed by atoms with Crippen LogP contribution in [0.3, 0.4) is 0 Å². The van der Waals surface area contributed by atoms with E-state index >= 15 is 0 Å². The summed E-state index contributed by atoms with van der Waals surface area (Å²) in [5, 5.41) is 3.42. The van der Waals surface area contributed by atoms with Gasteiger partial charge in [-0.15, -0.1) is 0 Å². The minimum absolute atomic E-state index is 0.416. The van der Waals surface area contributed by atoms with Gasteiger partial charge in [0.2, 0.25) is 5.88 Å². The van der Waals surface area contributed by atoms with E-state index in [0.29, 0.717) is 11.9 Å². The average molecular weight is 208 g/mol. The molecule has 0 aromatic carbocycles. The second-order valence-corrected chi connectivity index (χ2v) is 3.69. The zero-order valence-electron chi connectivity index (χ0n) is 9.12. The third-order valence-electron chi connectivity index (χ3n) is 2.56. The van der Waals surface area contributed by atoms with Crippen LogP contribution in [0.25, 0.3) is 0 Å². The van der Waals surface area contributed by atoms with Gasteiger partial charge in [-0.3, -0.25) is 0 Å². The summed E-state index contributed by atoms with van der Waals surface area (Å²) in [6.45, 7) is 3.60. The van der Waals surface area contributed by atoms with E-state index in [1.165, 1.54) is 0 Å². The zero-order valence-corrected chi connectivity index (χ0v) is 9.12. The van der Waals surface area contributed by atoms with Crippen molar-refractivity contribution in [2.75, 3.05) is 25.6 Å². The molecule has 1 atom stereocenters. The first-order valence-corrected chi connectivity index (χ1v) is 5.15. The van der Waals surface area contributed by atoms with Gasteiger partial charge < -0.3 is 14.8 Å². The van der Waals surface area contributed by atoms with Gasteiger partial charge in [0.1, 0.15) is 0 Å². The number of hydrogen-bond donors (Lipinski definition) is 1. The van der Waals surface area contributed by atoms with Crippen molar-refractivity contribution < 1.29 is 9.47 Å². The molecule has 2 heterocycles. The first-order valence-electron chi connectivity index (χ1n) is 5.15. The first-order chi connectivity index (χ1) is 7.29. The highest BCUT2D eigenvalue weighted by molar-refractivity contribution is 5.49. The summed E-state index contributed by atoms with van der Waals surface area (Å²) in [5.74, 6) is 0.653. The fraction of sp³-hybridized carbons (Fsp3) is 0.545. The van der Waals surface area contributed by atoms with E-state index in [0.717, 1.165) is 31.0 Å². The molecule has 1 saturated heterocycles. The molecule has 0 aliphatic carbocycles. The maximum Gasteiger partial charge on any atom is 0.213 e. The summed E-state index contributed by atoms with van der Waals surface area (Å²) in [7, 11) is 1.62. The molecule has 0 radical (unpaired) electrons. The normalized spacial score (nSPS) is 20.3. The predicted octanol–water partition coefficient (Wildman–Crippen LogP) is 1.60. The van der Waals surface area contributed by atoms with Gasteiger partial charge in [0.25, 0.3) is 0 Å². The van der Waals surface area contributed by atoms with Crippen LogP contribution in [-0.2, 0) is 4.74 Å². The van der Waals surface area contributed by atoms with Crippen LogP contribution in [0, 0.1) is 6.92 Å². The van der Waals surface area contributed by atoms with Crippen LogP contribution in [0.4, 0.5) is 5.69 Å². The van der Waals surface area contributed by atoms with E-state index in [2.05, 4.69) is 10.3 Å². The molecule has 0 unspecified atom stereocenters. The van der Waals surface area contributed by atoms with Gasteiger partial charge in [-0.2, -0.15) is 0 Å². The number of aromatic nitrogens is 1. The van der Waals surface area contributed by atoms with E-state index in [1.54, 1.807) is 7.11 Å². The summed E-state index contributed by atoms with van der Waals surface area (Å²) >= 11 is 0. The highest BCUT2D eigenvalue weighted by Crippen LogP contribution is 2.19. The Bertz CT molecular complexity index is 335. The summed E-state index contributed by atoms with van der Waals surface area (Å²) in [6.07, 6.45) is 1.06. The molecule has 1 aliphatic rings. The van der Waals surface area contributed by atoms with Crippen LogP contribution < -0.4 is 10.1 Å². The molecule has 4 heteroatoms. The summed E-state index contributed by atoms with van der Waals surface area (Å²) < 4.78 is 10.4. The minimum atomic E-state index is 0.416. The van der Waals surface area contributed by atoms with Crippen LogP contribution in [0.1, 0.15) is 12.1 Å². The van der Waals surface area contributed by atoms with Gasteiger partial charge in [-0.05, 0) is 19.4 Å². The lowest BCUT2D eigenvalue weighted by Gasteiger charge is -2.14. The van der Waals surface area contributed by atoms with E-state index in [-0.39, 0.29) is 0 Å². The molecular weight excluding hydrogens is 192 g/mol. The molecule has 1 N–H and O–H groups in total. The highest BCUT2D eigenvalue weighted by Gasteiger charge is 2.16. The van der Waals surface area contributed by atoms with Crippen molar-refractivity contribution in [3.8, 4) is 5.88 Å². The lowest BCUT2D eigenvalue weighted by molar-refractivity contribution is 0.195. The largest absolute Gasteiger partial charge is 0.481 e. The number of methoxy groups -OCH3 is 1. The van der Waals surface area contributed by atoms with Crippen molar-refractivity contribution in [1.29, 1.82) is 0 Å². The third-order valence-corrected chi connectivity index (χ3v) is 2.56. The van der Waals surface area contributed by atoms with Crippen molar-refractivity contribution in [2.45, 2.75) is 19.4 Å². The Labute approximate surface area is 89.6 Å². The third kappa shape index (κ3) is 2.39. The molecule has 4 nitrogen and oxygen atoms in total. The fourth-order valence-corrected chi connectivity index (χ4v) is 1.67. The Kier molecular flexibility index (Phi) is 3.06. The topological polar surface area (TPSA) is 43.4 Å². The van der Waals surface area contributed by atoms with Gasteiger partial charge in [0.05, 0.1) is 31.1 Å². The molecule has 0 saturated carbocycles. The van der Waals surface area contributed by atoms with Crippen LogP contribution in [-0.4, -0.2) is 31.3 Å². The van der Waals surface area contributed by atoms with Crippen molar-refractivity contribution in [1.82, 2.24) is 4.98 Å². The van der Waals surface area contributed by atoms with E-state index in [9.17, 15) is 0 Å². The number of anilines is 1. The molecule has 1 aromatic heterocycles. The van der Waals surface area contributed by atoms with Crippen LogP contribution in [0.15, 0.2) is 12.1 Å². The zero-order chi connectivity index (χ0) is 10.7. The Morgan fingerprint density at radius 2 is 2.40 bits per heavy atom. The molecule has 1 aromatic rings. The number of hydrogen-bond acceptors (Lipinski definition) is 4. The second-order valence-electron chi connectivity index (χ2n) is 3.69. The van der Waals surface area contributed by atoms with Gasteiger partial charge >= 0.3 is 0 Å². The van der Waals surface area contributed by atoms with Crippen molar-refractivity contribution in [3.05, 3.63) is 17.8 Å². The molecule has 2 rings (SSSR count). The Balaban J connectivity index is 2.07. The van der Waals surface area contributed by atoms with Gasteiger partial charge in [0.15, 0.2) is 0 Å². The summed E-state index contributed by atoms with van der Waals surface area (Å²) in [6, 6.07) is 4.28. The number of nitrogens with zero attached hydrogens (tertiary/aromatic N) is 1. The summed E-state index contributed by atoms with van der Waals surface area (Å²) in [4.78, 5) is 4.31. The van der Waals surface area contributed by atoms with Crippen molar-refractivity contribution in [2.24, 2.45) is 0 Å². The second kappa shape index (κ2) is 4.49. The molecule has 0 spiro atoms. The first kappa shape index (κ1) is 10.2. The van der Waals surface area contributed by atoms with Crippen LogP contribution in [0.5, 0.6) is 5.88 Å².